The average molecular weight is 422 g/mol. The largest absolute Gasteiger partial charge is 0.416 e. The van der Waals surface area contributed by atoms with Crippen molar-refractivity contribution in [2.24, 2.45) is 0 Å². The van der Waals surface area contributed by atoms with Crippen LogP contribution in [0.4, 0.5) is 23.4 Å². The summed E-state index contributed by atoms with van der Waals surface area (Å²) in [5.41, 5.74) is 1.76. The minimum atomic E-state index is -4.51. The summed E-state index contributed by atoms with van der Waals surface area (Å²) in [4.78, 5) is 26.3. The Balaban J connectivity index is 1.69. The van der Waals surface area contributed by atoms with E-state index in [-0.39, 0.29) is 41.6 Å². The first kappa shape index (κ1) is 20.1. The van der Waals surface area contributed by atoms with Gasteiger partial charge in [-0.05, 0) is 38.8 Å². The molecule has 3 aromatic rings. The molecule has 6 nitrogen and oxygen atoms in total. The molecule has 0 bridgehead atoms. The van der Waals surface area contributed by atoms with Crippen LogP contribution in [0, 0.1) is 13.8 Å². The second-order valence-electron chi connectivity index (χ2n) is 7.29. The molecule has 0 spiro atoms. The smallest absolute Gasteiger partial charge is 0.380 e. The number of halogens is 4. The Labute approximate surface area is 168 Å². The van der Waals surface area contributed by atoms with Crippen LogP contribution < -0.4 is 15.9 Å². The lowest BCUT2D eigenvalue weighted by molar-refractivity contribution is -0.138. The Morgan fingerprint density at radius 2 is 1.93 bits per heavy atom. The third-order valence-corrected chi connectivity index (χ3v) is 5.17. The maximum atomic E-state index is 13.2. The third kappa shape index (κ3) is 3.69. The normalized spacial score (nSPS) is 18.9. The molecule has 1 fully saturated rings. The fourth-order valence-electron chi connectivity index (χ4n) is 3.48. The van der Waals surface area contributed by atoms with Gasteiger partial charge in [-0.15, -0.1) is 0 Å². The molecule has 158 valence electrons. The second kappa shape index (κ2) is 7.26. The predicted octanol–water partition coefficient (Wildman–Crippen LogP) is 4.51. The monoisotopic (exact) mass is 422 g/mol. The van der Waals surface area contributed by atoms with E-state index in [0.29, 0.717) is 16.7 Å². The van der Waals surface area contributed by atoms with Crippen LogP contribution in [0.1, 0.15) is 35.8 Å². The van der Waals surface area contributed by atoms with Gasteiger partial charge in [0, 0.05) is 23.9 Å². The molecule has 2 heterocycles. The zero-order valence-corrected chi connectivity index (χ0v) is 16.1. The maximum Gasteiger partial charge on any atom is 0.416 e. The van der Waals surface area contributed by atoms with Gasteiger partial charge in [0.2, 0.25) is 0 Å². The Bertz CT molecular complexity index is 1170. The molecule has 0 radical (unpaired) electrons. The molecular weight excluding hydrogens is 404 g/mol. The van der Waals surface area contributed by atoms with Gasteiger partial charge >= 0.3 is 6.18 Å². The van der Waals surface area contributed by atoms with Crippen LogP contribution in [-0.2, 0) is 6.18 Å². The molecule has 30 heavy (non-hydrogen) atoms. The van der Waals surface area contributed by atoms with Crippen molar-refractivity contribution in [3.63, 3.8) is 0 Å². The van der Waals surface area contributed by atoms with E-state index in [1.165, 1.54) is 35.9 Å². The molecule has 4 rings (SSSR count). The van der Waals surface area contributed by atoms with Crippen LogP contribution in [0.2, 0.25) is 0 Å². The second-order valence-corrected chi connectivity index (χ2v) is 7.29. The quantitative estimate of drug-likeness (QED) is 0.495. The molecule has 1 aromatic carbocycles. The lowest BCUT2D eigenvalue weighted by atomic mass is 9.90. The van der Waals surface area contributed by atoms with Gasteiger partial charge in [0.25, 0.3) is 5.56 Å². The van der Waals surface area contributed by atoms with Crippen molar-refractivity contribution in [3.05, 3.63) is 57.8 Å². The van der Waals surface area contributed by atoms with E-state index in [9.17, 15) is 22.4 Å². The van der Waals surface area contributed by atoms with Gasteiger partial charge in [-0.2, -0.15) is 13.2 Å². The molecule has 1 aliphatic carbocycles. The fraction of sp³-hybridized carbons (Fsp3) is 0.350. The highest BCUT2D eigenvalue weighted by molar-refractivity contribution is 5.88. The number of rotatable bonds is 4. The Hall–Kier alpha value is -3.17. The molecule has 0 aliphatic heterocycles. The summed E-state index contributed by atoms with van der Waals surface area (Å²) in [5, 5.41) is 0.437. The van der Waals surface area contributed by atoms with Crippen molar-refractivity contribution < 1.29 is 22.4 Å². The number of hydrogen-bond donors (Lipinski definition) is 1. The standard InChI is InChI=1S/C20H18F4N4O2/c1-10-15(20(22,23)24)4-3-5-17(10)30-27-19-14-9-28(13-6-12(21)7-13)18(29)8-16(14)25-11(2)26-19/h3-5,8-9,12-13H,6-7H2,1-2H3,(H,25,26,27). The summed E-state index contributed by atoms with van der Waals surface area (Å²) in [6.07, 6.45) is -3.41. The van der Waals surface area contributed by atoms with Gasteiger partial charge < -0.3 is 9.40 Å². The number of nitrogens with one attached hydrogen (secondary N) is 1. The van der Waals surface area contributed by atoms with E-state index in [4.69, 9.17) is 4.84 Å². The van der Waals surface area contributed by atoms with Crippen LogP contribution >= 0.6 is 0 Å². The van der Waals surface area contributed by atoms with Crippen molar-refractivity contribution >= 4 is 16.7 Å². The number of nitrogens with zero attached hydrogens (tertiary/aromatic N) is 3. The van der Waals surface area contributed by atoms with Crippen molar-refractivity contribution in [2.45, 2.75) is 45.1 Å². The van der Waals surface area contributed by atoms with Crippen LogP contribution in [0.25, 0.3) is 10.9 Å². The average Bonchev–Trinajstić information content (AvgIpc) is 2.63. The van der Waals surface area contributed by atoms with Gasteiger partial charge in [-0.3, -0.25) is 4.79 Å². The first-order chi connectivity index (χ1) is 14.1. The Morgan fingerprint density at radius 1 is 1.20 bits per heavy atom. The minimum absolute atomic E-state index is 0.0122. The Morgan fingerprint density at radius 3 is 2.60 bits per heavy atom. The topological polar surface area (TPSA) is 69.0 Å². The predicted molar refractivity (Wildman–Crippen MR) is 102 cm³/mol. The first-order valence-electron chi connectivity index (χ1n) is 9.28. The Kier molecular flexibility index (Phi) is 4.87. The molecular formula is C20H18F4N4O2. The number of pyridine rings is 1. The number of aromatic nitrogens is 3. The maximum absolute atomic E-state index is 13.2. The highest BCUT2D eigenvalue weighted by Gasteiger charge is 2.33. The van der Waals surface area contributed by atoms with Crippen LogP contribution in [-0.4, -0.2) is 20.7 Å². The summed E-state index contributed by atoms with van der Waals surface area (Å²) in [7, 11) is 0. The van der Waals surface area contributed by atoms with Crippen molar-refractivity contribution in [2.75, 3.05) is 5.48 Å². The number of aryl methyl sites for hydroxylation is 1. The van der Waals surface area contributed by atoms with Crippen LogP contribution in [0.5, 0.6) is 5.75 Å². The number of hydrogen-bond acceptors (Lipinski definition) is 5. The minimum Gasteiger partial charge on any atom is -0.380 e. The lowest BCUT2D eigenvalue weighted by Crippen LogP contribution is -2.34. The lowest BCUT2D eigenvalue weighted by Gasteiger charge is -2.31. The van der Waals surface area contributed by atoms with E-state index < -0.39 is 17.9 Å². The molecule has 10 heteroatoms. The molecule has 0 atom stereocenters. The highest BCUT2D eigenvalue weighted by atomic mass is 19.4. The molecule has 1 aliphatic rings. The molecule has 0 saturated heterocycles. The molecule has 2 aromatic heterocycles. The number of alkyl halides is 4. The van der Waals surface area contributed by atoms with E-state index in [2.05, 4.69) is 15.4 Å². The van der Waals surface area contributed by atoms with Gasteiger partial charge in [-0.25, -0.2) is 19.8 Å². The van der Waals surface area contributed by atoms with Crippen molar-refractivity contribution in [1.29, 1.82) is 0 Å². The van der Waals surface area contributed by atoms with E-state index in [0.717, 1.165) is 6.07 Å². The number of anilines is 1. The SMILES string of the molecule is Cc1nc(NOc2cccc(C(F)(F)F)c2C)c2cn(C3CC(F)C3)c(=O)cc2n1. The van der Waals surface area contributed by atoms with Crippen molar-refractivity contribution in [1.82, 2.24) is 14.5 Å². The third-order valence-electron chi connectivity index (χ3n) is 5.17. The van der Waals surface area contributed by atoms with Crippen LogP contribution in [0.3, 0.4) is 0 Å². The number of fused-ring (bicyclic) bond motifs is 1. The molecule has 1 saturated carbocycles. The summed E-state index contributed by atoms with van der Waals surface area (Å²) >= 11 is 0. The highest BCUT2D eigenvalue weighted by Crippen LogP contribution is 2.36. The number of benzene rings is 1. The fourth-order valence-corrected chi connectivity index (χ4v) is 3.48. The molecule has 1 N–H and O–H groups in total. The summed E-state index contributed by atoms with van der Waals surface area (Å²) < 4.78 is 54.0. The van der Waals surface area contributed by atoms with Gasteiger partial charge in [0.05, 0.1) is 16.5 Å². The van der Waals surface area contributed by atoms with Gasteiger partial charge in [0.15, 0.2) is 11.6 Å². The summed E-state index contributed by atoms with van der Waals surface area (Å²) in [6.45, 7) is 2.93. The summed E-state index contributed by atoms with van der Waals surface area (Å²) in [5.74, 6) is 0.528. The summed E-state index contributed by atoms with van der Waals surface area (Å²) in [6, 6.07) is 4.70. The zero-order chi connectivity index (χ0) is 21.6. The molecule has 0 amide bonds. The van der Waals surface area contributed by atoms with Crippen LogP contribution in [0.15, 0.2) is 35.3 Å². The van der Waals surface area contributed by atoms with E-state index in [1.807, 2.05) is 0 Å². The zero-order valence-electron chi connectivity index (χ0n) is 16.1. The van der Waals surface area contributed by atoms with E-state index in [1.54, 1.807) is 6.92 Å². The molecule has 0 unspecified atom stereocenters. The van der Waals surface area contributed by atoms with Crippen molar-refractivity contribution in [3.8, 4) is 5.75 Å². The van der Waals surface area contributed by atoms with Gasteiger partial charge in [0.1, 0.15) is 12.0 Å². The van der Waals surface area contributed by atoms with E-state index >= 15 is 0 Å². The van der Waals surface area contributed by atoms with Gasteiger partial charge in [-0.1, -0.05) is 6.07 Å². The first-order valence-corrected chi connectivity index (χ1v) is 9.28.